The summed E-state index contributed by atoms with van der Waals surface area (Å²) in [6, 6.07) is 5.20. The number of nitrogens with one attached hydrogen (secondary N) is 1. The van der Waals surface area contributed by atoms with Crippen molar-refractivity contribution in [2.75, 3.05) is 38.6 Å². The lowest BCUT2D eigenvalue weighted by molar-refractivity contribution is -0.117. The number of halogens is 1. The van der Waals surface area contributed by atoms with Crippen molar-refractivity contribution in [3.63, 3.8) is 0 Å². The van der Waals surface area contributed by atoms with E-state index in [1.807, 2.05) is 0 Å². The van der Waals surface area contributed by atoms with E-state index in [0.717, 1.165) is 19.5 Å². The quantitative estimate of drug-likeness (QED) is 0.872. The lowest BCUT2D eigenvalue weighted by atomic mass is 9.90. The predicted molar refractivity (Wildman–Crippen MR) is 84.9 cm³/mol. The molecule has 0 spiro atoms. The van der Waals surface area contributed by atoms with E-state index in [1.165, 1.54) is 0 Å². The van der Waals surface area contributed by atoms with Gasteiger partial charge in [0, 0.05) is 12.2 Å². The SMILES string of the molecule is COc1ccc(NC(=O)CN2CCC(C)(CN)C2)cc1Cl. The number of hydrogen-bond acceptors (Lipinski definition) is 4. The van der Waals surface area contributed by atoms with Gasteiger partial charge in [-0.3, -0.25) is 9.69 Å². The summed E-state index contributed by atoms with van der Waals surface area (Å²) in [4.78, 5) is 14.2. The number of carbonyl (C=O) groups is 1. The van der Waals surface area contributed by atoms with Crippen LogP contribution in [-0.2, 0) is 4.79 Å². The fraction of sp³-hybridized carbons (Fsp3) is 0.533. The summed E-state index contributed by atoms with van der Waals surface area (Å²) < 4.78 is 5.08. The smallest absolute Gasteiger partial charge is 0.238 e. The number of anilines is 1. The molecule has 1 unspecified atom stereocenters. The Morgan fingerprint density at radius 3 is 2.90 bits per heavy atom. The highest BCUT2D eigenvalue weighted by atomic mass is 35.5. The first kappa shape index (κ1) is 16.1. The third-order valence-corrected chi connectivity index (χ3v) is 4.23. The van der Waals surface area contributed by atoms with E-state index < -0.39 is 0 Å². The molecule has 3 N–H and O–H groups in total. The molecular weight excluding hydrogens is 290 g/mol. The molecule has 6 heteroatoms. The first-order valence-corrected chi connectivity index (χ1v) is 7.39. The fourth-order valence-corrected chi connectivity index (χ4v) is 2.83. The summed E-state index contributed by atoms with van der Waals surface area (Å²) in [6.45, 7) is 4.96. The summed E-state index contributed by atoms with van der Waals surface area (Å²) in [7, 11) is 1.56. The van der Waals surface area contributed by atoms with E-state index in [9.17, 15) is 4.79 Å². The van der Waals surface area contributed by atoms with Gasteiger partial charge in [0.1, 0.15) is 5.75 Å². The topological polar surface area (TPSA) is 67.6 Å². The van der Waals surface area contributed by atoms with Gasteiger partial charge in [-0.05, 0) is 43.1 Å². The minimum absolute atomic E-state index is 0.0440. The number of amides is 1. The normalized spacial score (nSPS) is 22.3. The largest absolute Gasteiger partial charge is 0.495 e. The van der Waals surface area contributed by atoms with Gasteiger partial charge in [-0.2, -0.15) is 0 Å². The lowest BCUT2D eigenvalue weighted by Gasteiger charge is -2.22. The van der Waals surface area contributed by atoms with E-state index >= 15 is 0 Å². The molecule has 1 saturated heterocycles. The number of benzene rings is 1. The van der Waals surface area contributed by atoms with Gasteiger partial charge in [0.15, 0.2) is 0 Å². The van der Waals surface area contributed by atoms with Crippen LogP contribution >= 0.6 is 11.6 Å². The maximum atomic E-state index is 12.1. The Balaban J connectivity index is 1.89. The number of likely N-dealkylation sites (tertiary alicyclic amines) is 1. The minimum Gasteiger partial charge on any atom is -0.495 e. The van der Waals surface area contributed by atoms with Crippen LogP contribution in [0.4, 0.5) is 5.69 Å². The summed E-state index contributed by atoms with van der Waals surface area (Å²) in [6.07, 6.45) is 1.03. The highest BCUT2D eigenvalue weighted by Crippen LogP contribution is 2.29. The number of nitrogens with two attached hydrogens (primary N) is 1. The Kier molecular flexibility index (Phi) is 5.08. The van der Waals surface area contributed by atoms with Crippen LogP contribution in [0.1, 0.15) is 13.3 Å². The van der Waals surface area contributed by atoms with Crippen molar-refractivity contribution in [3.05, 3.63) is 23.2 Å². The Hall–Kier alpha value is -1.30. The van der Waals surface area contributed by atoms with Crippen LogP contribution in [0, 0.1) is 5.41 Å². The average molecular weight is 312 g/mol. The van der Waals surface area contributed by atoms with Crippen LogP contribution in [0.25, 0.3) is 0 Å². The molecule has 1 amide bonds. The van der Waals surface area contributed by atoms with Gasteiger partial charge < -0.3 is 15.8 Å². The zero-order valence-corrected chi connectivity index (χ0v) is 13.2. The maximum Gasteiger partial charge on any atom is 0.238 e. The van der Waals surface area contributed by atoms with Gasteiger partial charge in [0.25, 0.3) is 0 Å². The molecule has 0 bridgehead atoms. The van der Waals surface area contributed by atoms with Crippen molar-refractivity contribution in [2.24, 2.45) is 11.1 Å². The Morgan fingerprint density at radius 1 is 1.57 bits per heavy atom. The van der Waals surface area contributed by atoms with Crippen LogP contribution in [-0.4, -0.2) is 44.1 Å². The third-order valence-electron chi connectivity index (χ3n) is 3.93. The third kappa shape index (κ3) is 4.09. The molecule has 2 rings (SSSR count). The molecule has 0 saturated carbocycles. The molecule has 1 aromatic carbocycles. The highest BCUT2D eigenvalue weighted by Gasteiger charge is 2.33. The van der Waals surface area contributed by atoms with Crippen LogP contribution in [0.3, 0.4) is 0 Å². The Labute approximate surface area is 130 Å². The van der Waals surface area contributed by atoms with Crippen molar-refractivity contribution < 1.29 is 9.53 Å². The number of rotatable bonds is 5. The summed E-state index contributed by atoms with van der Waals surface area (Å²) in [5.41, 5.74) is 6.58. The fourth-order valence-electron chi connectivity index (χ4n) is 2.58. The first-order chi connectivity index (χ1) is 9.95. The molecule has 21 heavy (non-hydrogen) atoms. The molecule has 0 aliphatic carbocycles. The van der Waals surface area contributed by atoms with Gasteiger partial charge in [-0.25, -0.2) is 0 Å². The Morgan fingerprint density at radius 2 is 2.33 bits per heavy atom. The van der Waals surface area contributed by atoms with Crippen molar-refractivity contribution in [1.29, 1.82) is 0 Å². The van der Waals surface area contributed by atoms with E-state index in [0.29, 0.717) is 29.5 Å². The predicted octanol–water partition coefficient (Wildman–Crippen LogP) is 1.96. The molecule has 0 radical (unpaired) electrons. The number of hydrogen-bond donors (Lipinski definition) is 2. The second-order valence-electron chi connectivity index (χ2n) is 5.87. The monoisotopic (exact) mass is 311 g/mol. The second kappa shape index (κ2) is 6.64. The standard InChI is InChI=1S/C15H22ClN3O2/c1-15(9-17)5-6-19(10-15)8-14(20)18-11-3-4-13(21-2)12(16)7-11/h3-4,7H,5-6,8-10,17H2,1-2H3,(H,18,20). The molecule has 1 aliphatic rings. The molecule has 0 aromatic heterocycles. The van der Waals surface area contributed by atoms with Crippen molar-refractivity contribution >= 4 is 23.2 Å². The van der Waals surface area contributed by atoms with E-state index in [-0.39, 0.29) is 11.3 Å². The van der Waals surface area contributed by atoms with Crippen molar-refractivity contribution in [3.8, 4) is 5.75 Å². The van der Waals surface area contributed by atoms with Crippen LogP contribution in [0.15, 0.2) is 18.2 Å². The zero-order chi connectivity index (χ0) is 15.5. The van der Waals surface area contributed by atoms with Gasteiger partial charge in [-0.1, -0.05) is 18.5 Å². The average Bonchev–Trinajstić information content (AvgIpc) is 2.81. The minimum atomic E-state index is -0.0440. The maximum absolute atomic E-state index is 12.1. The molecule has 1 heterocycles. The molecule has 1 aliphatic heterocycles. The van der Waals surface area contributed by atoms with E-state index in [1.54, 1.807) is 25.3 Å². The van der Waals surface area contributed by atoms with Crippen molar-refractivity contribution in [1.82, 2.24) is 4.90 Å². The van der Waals surface area contributed by atoms with Gasteiger partial charge >= 0.3 is 0 Å². The number of nitrogens with zero attached hydrogens (tertiary/aromatic N) is 1. The summed E-state index contributed by atoms with van der Waals surface area (Å²) in [5, 5.41) is 3.33. The molecule has 5 nitrogen and oxygen atoms in total. The molecule has 1 atom stereocenters. The molecule has 116 valence electrons. The van der Waals surface area contributed by atoms with Crippen LogP contribution in [0.2, 0.25) is 5.02 Å². The summed E-state index contributed by atoms with van der Waals surface area (Å²) in [5.74, 6) is 0.547. The Bertz CT molecular complexity index is 524. The molecule has 1 aromatic rings. The lowest BCUT2D eigenvalue weighted by Crippen LogP contribution is -2.35. The first-order valence-electron chi connectivity index (χ1n) is 7.01. The second-order valence-corrected chi connectivity index (χ2v) is 6.28. The zero-order valence-electron chi connectivity index (χ0n) is 12.5. The molecular formula is C15H22ClN3O2. The van der Waals surface area contributed by atoms with Crippen molar-refractivity contribution in [2.45, 2.75) is 13.3 Å². The summed E-state index contributed by atoms with van der Waals surface area (Å²) >= 11 is 6.04. The molecule has 1 fully saturated rings. The van der Waals surface area contributed by atoms with E-state index in [2.05, 4.69) is 17.1 Å². The number of carbonyl (C=O) groups excluding carboxylic acids is 1. The number of ether oxygens (including phenoxy) is 1. The number of methoxy groups -OCH3 is 1. The van der Waals surface area contributed by atoms with E-state index in [4.69, 9.17) is 22.1 Å². The van der Waals surface area contributed by atoms with Gasteiger partial charge in [-0.15, -0.1) is 0 Å². The van der Waals surface area contributed by atoms with Gasteiger partial charge in [0.05, 0.1) is 18.7 Å². The van der Waals surface area contributed by atoms with Crippen LogP contribution in [0.5, 0.6) is 5.75 Å². The highest BCUT2D eigenvalue weighted by molar-refractivity contribution is 6.32. The van der Waals surface area contributed by atoms with Gasteiger partial charge in [0.2, 0.25) is 5.91 Å². The van der Waals surface area contributed by atoms with Crippen LogP contribution < -0.4 is 15.8 Å².